The highest BCUT2D eigenvalue weighted by molar-refractivity contribution is 5.80. The number of carbonyl (C=O) groups excluding carboxylic acids is 1. The van der Waals surface area contributed by atoms with Crippen LogP contribution in [0, 0.1) is 0 Å². The maximum absolute atomic E-state index is 11.3. The van der Waals surface area contributed by atoms with E-state index in [1.54, 1.807) is 0 Å². The van der Waals surface area contributed by atoms with Gasteiger partial charge in [-0.05, 0) is 21.9 Å². The molecular weight excluding hydrogens is 340 g/mol. The molecule has 0 N–H and O–H groups in total. The molecular formula is C21H15N4O2-. The van der Waals surface area contributed by atoms with Crippen LogP contribution in [0.3, 0.4) is 0 Å². The van der Waals surface area contributed by atoms with Gasteiger partial charge in [-0.1, -0.05) is 91.0 Å². The van der Waals surface area contributed by atoms with Gasteiger partial charge in [-0.3, -0.25) is 0 Å². The molecule has 4 rings (SSSR count). The smallest absolute Gasteiger partial charge is 0.220 e. The fourth-order valence-corrected chi connectivity index (χ4v) is 3.32. The van der Waals surface area contributed by atoms with E-state index in [-0.39, 0.29) is 0 Å². The van der Waals surface area contributed by atoms with Gasteiger partial charge in [-0.2, -0.15) is 0 Å². The monoisotopic (exact) mass is 355 g/mol. The van der Waals surface area contributed by atoms with Crippen LogP contribution in [-0.4, -0.2) is 26.2 Å². The fourth-order valence-electron chi connectivity index (χ4n) is 3.32. The van der Waals surface area contributed by atoms with Crippen LogP contribution >= 0.6 is 0 Å². The Morgan fingerprint density at radius 3 is 1.48 bits per heavy atom. The number of aromatic carboxylic acids is 1. The van der Waals surface area contributed by atoms with Gasteiger partial charge in [0.05, 0.1) is 0 Å². The summed E-state index contributed by atoms with van der Waals surface area (Å²) in [7, 11) is 0. The predicted octanol–water partition coefficient (Wildman–Crippen LogP) is 1.88. The van der Waals surface area contributed by atoms with Crippen LogP contribution in [0.5, 0.6) is 0 Å². The molecule has 27 heavy (non-hydrogen) atoms. The number of hydrogen-bond donors (Lipinski definition) is 0. The topological polar surface area (TPSA) is 83.7 Å². The second-order valence-electron chi connectivity index (χ2n) is 6.00. The van der Waals surface area contributed by atoms with Crippen molar-refractivity contribution in [3.63, 3.8) is 0 Å². The summed E-state index contributed by atoms with van der Waals surface area (Å²) < 4.78 is 0. The van der Waals surface area contributed by atoms with E-state index in [0.717, 1.165) is 16.7 Å². The number of benzene rings is 3. The minimum atomic E-state index is -1.47. The van der Waals surface area contributed by atoms with Crippen molar-refractivity contribution in [2.24, 2.45) is 0 Å². The molecule has 1 aromatic heterocycles. The first kappa shape index (κ1) is 16.7. The molecule has 0 aliphatic heterocycles. The third-order valence-electron chi connectivity index (χ3n) is 4.47. The van der Waals surface area contributed by atoms with Crippen molar-refractivity contribution in [2.45, 2.75) is 5.54 Å². The van der Waals surface area contributed by atoms with E-state index in [2.05, 4.69) is 15.4 Å². The van der Waals surface area contributed by atoms with Crippen molar-refractivity contribution < 1.29 is 9.90 Å². The summed E-state index contributed by atoms with van der Waals surface area (Å²) in [4.78, 5) is 12.6. The van der Waals surface area contributed by atoms with Crippen LogP contribution in [-0.2, 0) is 5.54 Å². The Hall–Kier alpha value is -3.80. The number of hydrogen-bond acceptors (Lipinski definition) is 5. The number of tetrazole rings is 1. The van der Waals surface area contributed by atoms with Gasteiger partial charge in [0, 0.05) is 0 Å². The molecule has 0 unspecified atom stereocenters. The molecule has 0 aliphatic rings. The molecule has 0 bridgehead atoms. The Labute approximate surface area is 155 Å². The lowest BCUT2D eigenvalue weighted by Gasteiger charge is -2.34. The highest BCUT2D eigenvalue weighted by Gasteiger charge is 2.41. The molecule has 0 saturated heterocycles. The van der Waals surface area contributed by atoms with Crippen molar-refractivity contribution in [3.05, 3.63) is 114 Å². The van der Waals surface area contributed by atoms with E-state index in [4.69, 9.17) is 0 Å². The van der Waals surface area contributed by atoms with Gasteiger partial charge in [0.15, 0.2) is 5.54 Å². The first-order valence-electron chi connectivity index (χ1n) is 8.41. The molecule has 6 nitrogen and oxygen atoms in total. The van der Waals surface area contributed by atoms with Gasteiger partial charge in [-0.15, -0.1) is 15.0 Å². The average Bonchev–Trinajstić information content (AvgIpc) is 3.22. The van der Waals surface area contributed by atoms with E-state index in [1.807, 2.05) is 91.0 Å². The Morgan fingerprint density at radius 2 is 1.15 bits per heavy atom. The van der Waals surface area contributed by atoms with Gasteiger partial charge in [0.25, 0.3) is 0 Å². The normalized spacial score (nSPS) is 11.3. The number of aromatic nitrogens is 4. The largest absolute Gasteiger partial charge is 0.541 e. The zero-order valence-corrected chi connectivity index (χ0v) is 14.3. The van der Waals surface area contributed by atoms with Crippen LogP contribution in [0.15, 0.2) is 91.0 Å². The zero-order valence-electron chi connectivity index (χ0n) is 14.3. The third kappa shape index (κ3) is 2.77. The lowest BCUT2D eigenvalue weighted by Crippen LogP contribution is -2.40. The fraction of sp³-hybridized carbons (Fsp3) is 0.0476. The van der Waals surface area contributed by atoms with Gasteiger partial charge in [-0.25, -0.2) is 0 Å². The van der Waals surface area contributed by atoms with E-state index in [1.165, 1.54) is 4.80 Å². The number of carbonyl (C=O) groups is 1. The molecule has 0 spiro atoms. The van der Waals surface area contributed by atoms with Gasteiger partial charge in [0.1, 0.15) is 5.97 Å². The summed E-state index contributed by atoms with van der Waals surface area (Å²) in [6, 6.07) is 29.1. The molecule has 0 amide bonds. The summed E-state index contributed by atoms with van der Waals surface area (Å²) >= 11 is 0. The van der Waals surface area contributed by atoms with Gasteiger partial charge < -0.3 is 9.90 Å². The Kier molecular flexibility index (Phi) is 4.22. The van der Waals surface area contributed by atoms with Crippen molar-refractivity contribution in [3.8, 4) is 0 Å². The van der Waals surface area contributed by atoms with E-state index >= 15 is 0 Å². The van der Waals surface area contributed by atoms with Crippen molar-refractivity contribution >= 4 is 5.97 Å². The highest BCUT2D eigenvalue weighted by atomic mass is 16.4. The zero-order chi connectivity index (χ0) is 18.7. The molecule has 0 atom stereocenters. The number of carboxylic acids is 1. The lowest BCUT2D eigenvalue weighted by molar-refractivity contribution is -0.256. The predicted molar refractivity (Wildman–Crippen MR) is 96.8 cm³/mol. The van der Waals surface area contributed by atoms with Gasteiger partial charge >= 0.3 is 0 Å². The van der Waals surface area contributed by atoms with Crippen molar-refractivity contribution in [1.82, 2.24) is 20.2 Å². The van der Waals surface area contributed by atoms with Crippen molar-refractivity contribution in [2.75, 3.05) is 0 Å². The summed E-state index contributed by atoms with van der Waals surface area (Å²) in [6.07, 6.45) is 0. The van der Waals surface area contributed by atoms with Crippen LogP contribution in [0.25, 0.3) is 0 Å². The van der Waals surface area contributed by atoms with E-state index in [0.29, 0.717) is 0 Å². The first-order chi connectivity index (χ1) is 13.2. The van der Waals surface area contributed by atoms with Crippen LogP contribution < -0.4 is 5.11 Å². The quantitative estimate of drug-likeness (QED) is 0.510. The van der Waals surface area contributed by atoms with Crippen LogP contribution in [0.4, 0.5) is 0 Å². The molecule has 0 fully saturated rings. The van der Waals surface area contributed by atoms with Crippen LogP contribution in [0.2, 0.25) is 0 Å². The lowest BCUT2D eigenvalue weighted by atomic mass is 9.77. The van der Waals surface area contributed by atoms with E-state index < -0.39 is 17.3 Å². The Balaban J connectivity index is 2.10. The molecule has 0 radical (unpaired) electrons. The van der Waals surface area contributed by atoms with Gasteiger partial charge in [0.2, 0.25) is 5.82 Å². The second kappa shape index (κ2) is 6.84. The molecule has 132 valence electrons. The third-order valence-corrected chi connectivity index (χ3v) is 4.47. The number of rotatable bonds is 5. The molecule has 1 heterocycles. The first-order valence-corrected chi connectivity index (χ1v) is 8.41. The SMILES string of the molecule is O=C([O-])c1nnn(C(c2ccccc2)(c2ccccc2)c2ccccc2)n1. The Morgan fingerprint density at radius 1 is 0.741 bits per heavy atom. The maximum atomic E-state index is 11.3. The highest BCUT2D eigenvalue weighted by Crippen LogP contribution is 2.39. The molecule has 6 heteroatoms. The maximum Gasteiger partial charge on any atom is 0.220 e. The summed E-state index contributed by atoms with van der Waals surface area (Å²) in [5, 5.41) is 23.2. The molecule has 3 aromatic carbocycles. The Bertz CT molecular complexity index is 951. The average molecular weight is 355 g/mol. The van der Waals surface area contributed by atoms with Crippen LogP contribution in [0.1, 0.15) is 27.3 Å². The minimum absolute atomic E-state index is 0.456. The second-order valence-corrected chi connectivity index (χ2v) is 6.00. The summed E-state index contributed by atoms with van der Waals surface area (Å²) in [5.41, 5.74) is 1.66. The minimum Gasteiger partial charge on any atom is -0.541 e. The molecule has 0 aliphatic carbocycles. The molecule has 0 saturated carbocycles. The number of nitrogens with zero attached hydrogens (tertiary/aromatic N) is 4. The van der Waals surface area contributed by atoms with E-state index in [9.17, 15) is 9.90 Å². The van der Waals surface area contributed by atoms with Crippen molar-refractivity contribution in [1.29, 1.82) is 0 Å². The summed E-state index contributed by atoms with van der Waals surface area (Å²) in [5.74, 6) is -1.92. The summed E-state index contributed by atoms with van der Waals surface area (Å²) in [6.45, 7) is 0. The number of carboxylic acid groups (broad SMARTS) is 1. The molecule has 4 aromatic rings. The standard InChI is InChI=1S/C21H16N4O2/c26-20(27)19-22-24-25(23-19)21(16-10-4-1-5-11-16,17-12-6-2-7-13-17)18-14-8-3-9-15-18/h1-15H,(H,26,27)/p-1.